The highest BCUT2D eigenvalue weighted by atomic mass is 79.9. The van der Waals surface area contributed by atoms with Crippen molar-refractivity contribution in [2.24, 2.45) is 7.05 Å². The second-order valence-electron chi connectivity index (χ2n) is 6.13. The Kier molecular flexibility index (Phi) is 4.41. The van der Waals surface area contributed by atoms with E-state index in [1.807, 2.05) is 54.9 Å². The summed E-state index contributed by atoms with van der Waals surface area (Å²) in [4.78, 5) is 12.5. The fraction of sp³-hybridized carbons (Fsp3) is 0.105. The van der Waals surface area contributed by atoms with Gasteiger partial charge in [-0.2, -0.15) is 0 Å². The number of ether oxygens (including phenoxy) is 1. The van der Waals surface area contributed by atoms with Crippen LogP contribution >= 0.6 is 15.9 Å². The minimum absolute atomic E-state index is 0.383. The van der Waals surface area contributed by atoms with Gasteiger partial charge in [-0.15, -0.1) is 0 Å². The van der Waals surface area contributed by atoms with Crippen LogP contribution in [0.3, 0.4) is 0 Å². The number of nitrogen functional groups attached to an aromatic ring is 1. The smallest absolute Gasteiger partial charge is 0.150 e. The fourth-order valence-electron chi connectivity index (χ4n) is 2.76. The van der Waals surface area contributed by atoms with Gasteiger partial charge in [0, 0.05) is 18.8 Å². The highest BCUT2D eigenvalue weighted by Crippen LogP contribution is 2.31. The van der Waals surface area contributed by atoms with Gasteiger partial charge in [0.1, 0.15) is 33.9 Å². The van der Waals surface area contributed by atoms with Crippen molar-refractivity contribution in [3.8, 4) is 11.5 Å². The molecule has 0 spiro atoms. The van der Waals surface area contributed by atoms with Crippen molar-refractivity contribution >= 4 is 44.3 Å². The summed E-state index contributed by atoms with van der Waals surface area (Å²) in [6.07, 6.45) is 3.21. The lowest BCUT2D eigenvalue weighted by molar-refractivity contribution is 0.479. The molecular weight excluding hydrogens is 408 g/mol. The molecule has 3 N–H and O–H groups in total. The summed E-state index contributed by atoms with van der Waals surface area (Å²) in [7, 11) is 1.97. The Labute approximate surface area is 164 Å². The number of benzene rings is 2. The molecule has 7 nitrogen and oxygen atoms in total. The number of imidazole rings is 1. The van der Waals surface area contributed by atoms with Crippen LogP contribution in [0.15, 0.2) is 53.5 Å². The summed E-state index contributed by atoms with van der Waals surface area (Å²) in [5.41, 5.74) is 9.61. The first kappa shape index (κ1) is 17.3. The second kappa shape index (κ2) is 6.88. The van der Waals surface area contributed by atoms with Crippen molar-refractivity contribution in [1.29, 1.82) is 0 Å². The van der Waals surface area contributed by atoms with Crippen molar-refractivity contribution in [2.45, 2.75) is 6.92 Å². The van der Waals surface area contributed by atoms with Crippen LogP contribution in [0.1, 0.15) is 5.56 Å². The minimum atomic E-state index is 0.383. The molecule has 27 heavy (non-hydrogen) atoms. The largest absolute Gasteiger partial charge is 0.457 e. The molecule has 0 saturated heterocycles. The molecule has 0 atom stereocenters. The maximum atomic E-state index is 6.04. The van der Waals surface area contributed by atoms with Crippen molar-refractivity contribution in [2.75, 3.05) is 11.1 Å². The molecule has 2 aromatic heterocycles. The van der Waals surface area contributed by atoms with E-state index >= 15 is 0 Å². The van der Waals surface area contributed by atoms with Crippen molar-refractivity contribution in [3.63, 3.8) is 0 Å². The lowest BCUT2D eigenvalue weighted by atomic mass is 10.2. The standard InChI is InChI=1S/C19H17BrN6O/c1-11-7-12(25-19-17(20)18(21)22-9-23-19)3-6-16(11)27-13-4-5-15-14(8-13)24-10-26(15)2/h3-10H,1-2H3,(H3,21,22,23,25). The Morgan fingerprint density at radius 1 is 1.11 bits per heavy atom. The SMILES string of the molecule is Cc1cc(Nc2ncnc(N)c2Br)ccc1Oc1ccc2c(c1)ncn2C. The maximum absolute atomic E-state index is 6.04. The van der Waals surface area contributed by atoms with Crippen LogP contribution in [0.4, 0.5) is 17.3 Å². The molecule has 0 amide bonds. The van der Waals surface area contributed by atoms with E-state index < -0.39 is 0 Å². The number of nitrogens with zero attached hydrogens (tertiary/aromatic N) is 4. The Hall–Kier alpha value is -3.13. The molecule has 0 aliphatic rings. The summed E-state index contributed by atoms with van der Waals surface area (Å²) >= 11 is 3.39. The van der Waals surface area contributed by atoms with E-state index in [1.165, 1.54) is 6.33 Å². The number of hydrogen-bond donors (Lipinski definition) is 2. The summed E-state index contributed by atoms with van der Waals surface area (Å²) in [5, 5.41) is 3.23. The highest BCUT2D eigenvalue weighted by Gasteiger charge is 2.09. The summed E-state index contributed by atoms with van der Waals surface area (Å²) in [6.45, 7) is 1.99. The summed E-state index contributed by atoms with van der Waals surface area (Å²) < 4.78 is 8.65. The van der Waals surface area contributed by atoms with Crippen LogP contribution in [-0.2, 0) is 7.05 Å². The van der Waals surface area contributed by atoms with Crippen LogP contribution in [0, 0.1) is 6.92 Å². The molecule has 136 valence electrons. The maximum Gasteiger partial charge on any atom is 0.150 e. The van der Waals surface area contributed by atoms with Crippen LogP contribution in [0.5, 0.6) is 11.5 Å². The van der Waals surface area contributed by atoms with E-state index in [0.717, 1.165) is 33.8 Å². The quantitative estimate of drug-likeness (QED) is 0.499. The Bertz CT molecular complexity index is 1140. The van der Waals surface area contributed by atoms with E-state index in [9.17, 15) is 0 Å². The first-order chi connectivity index (χ1) is 13.0. The molecule has 0 bridgehead atoms. The number of aryl methyl sites for hydroxylation is 2. The third kappa shape index (κ3) is 3.43. The minimum Gasteiger partial charge on any atom is -0.457 e. The fourth-order valence-corrected chi connectivity index (χ4v) is 3.06. The topological polar surface area (TPSA) is 90.9 Å². The first-order valence-electron chi connectivity index (χ1n) is 8.24. The van der Waals surface area contributed by atoms with Gasteiger partial charge >= 0.3 is 0 Å². The highest BCUT2D eigenvalue weighted by molar-refractivity contribution is 9.10. The van der Waals surface area contributed by atoms with Crippen LogP contribution in [0.25, 0.3) is 11.0 Å². The Balaban J connectivity index is 1.56. The molecular formula is C19H17BrN6O. The normalized spacial score (nSPS) is 10.9. The van der Waals surface area contributed by atoms with Crippen LogP contribution < -0.4 is 15.8 Å². The average molecular weight is 425 g/mol. The van der Waals surface area contributed by atoms with Gasteiger partial charge in [0.2, 0.25) is 0 Å². The number of halogens is 1. The number of anilines is 3. The lowest BCUT2D eigenvalue weighted by Crippen LogP contribution is -2.00. The Morgan fingerprint density at radius 2 is 1.96 bits per heavy atom. The molecule has 0 radical (unpaired) electrons. The zero-order chi connectivity index (χ0) is 19.0. The molecule has 4 aromatic rings. The number of nitrogens with two attached hydrogens (primary N) is 1. The van der Waals surface area contributed by atoms with Gasteiger partial charge in [-0.3, -0.25) is 0 Å². The number of hydrogen-bond acceptors (Lipinski definition) is 6. The number of rotatable bonds is 4. The zero-order valence-corrected chi connectivity index (χ0v) is 16.4. The van der Waals surface area contributed by atoms with E-state index in [1.54, 1.807) is 6.33 Å². The van der Waals surface area contributed by atoms with E-state index in [0.29, 0.717) is 16.1 Å². The first-order valence-corrected chi connectivity index (χ1v) is 9.03. The van der Waals surface area contributed by atoms with E-state index in [2.05, 4.69) is 36.2 Å². The van der Waals surface area contributed by atoms with Crippen molar-refractivity contribution in [1.82, 2.24) is 19.5 Å². The predicted octanol–water partition coefficient (Wildman–Crippen LogP) is 4.55. The van der Waals surface area contributed by atoms with Gasteiger partial charge in [0.25, 0.3) is 0 Å². The zero-order valence-electron chi connectivity index (χ0n) is 14.8. The van der Waals surface area contributed by atoms with Crippen molar-refractivity contribution < 1.29 is 4.74 Å². The Morgan fingerprint density at radius 3 is 2.78 bits per heavy atom. The monoisotopic (exact) mass is 424 g/mol. The lowest BCUT2D eigenvalue weighted by Gasteiger charge is -2.12. The van der Waals surface area contributed by atoms with E-state index in [4.69, 9.17) is 10.5 Å². The molecule has 0 unspecified atom stereocenters. The predicted molar refractivity (Wildman–Crippen MR) is 109 cm³/mol. The molecule has 0 saturated carbocycles. The third-order valence-electron chi connectivity index (χ3n) is 4.18. The molecule has 8 heteroatoms. The van der Waals surface area contributed by atoms with Gasteiger partial charge in [-0.25, -0.2) is 15.0 Å². The molecule has 4 rings (SSSR count). The molecule has 0 aliphatic carbocycles. The molecule has 0 aliphatic heterocycles. The average Bonchev–Trinajstić information content (AvgIpc) is 3.02. The second-order valence-corrected chi connectivity index (χ2v) is 6.93. The molecule has 2 heterocycles. The summed E-state index contributed by atoms with van der Waals surface area (Å²) in [5.74, 6) is 2.51. The number of nitrogens with one attached hydrogen (secondary N) is 1. The summed E-state index contributed by atoms with van der Waals surface area (Å²) in [6, 6.07) is 11.7. The number of fused-ring (bicyclic) bond motifs is 1. The van der Waals surface area contributed by atoms with Crippen molar-refractivity contribution in [3.05, 3.63) is 59.1 Å². The molecule has 0 fully saturated rings. The van der Waals surface area contributed by atoms with Crippen LogP contribution in [-0.4, -0.2) is 19.5 Å². The van der Waals surface area contributed by atoms with Gasteiger partial charge in [0.15, 0.2) is 0 Å². The van der Waals surface area contributed by atoms with Gasteiger partial charge in [-0.1, -0.05) is 0 Å². The van der Waals surface area contributed by atoms with Gasteiger partial charge < -0.3 is 20.4 Å². The van der Waals surface area contributed by atoms with Gasteiger partial charge in [-0.05, 0) is 58.7 Å². The van der Waals surface area contributed by atoms with Crippen LogP contribution in [0.2, 0.25) is 0 Å². The van der Waals surface area contributed by atoms with E-state index in [-0.39, 0.29) is 0 Å². The third-order valence-corrected chi connectivity index (χ3v) is 4.96. The van der Waals surface area contributed by atoms with Gasteiger partial charge in [0.05, 0.1) is 17.4 Å². The molecule has 2 aromatic carbocycles. The number of aromatic nitrogens is 4.